The smallest absolute Gasteiger partial charge is 0.221 e. The Hall–Kier alpha value is -3.47. The number of hydrogen-bond donors (Lipinski definition) is 1. The minimum Gasteiger partial charge on any atom is -0.326 e. The molecule has 0 saturated heterocycles. The lowest BCUT2D eigenvalue weighted by Crippen LogP contribution is -2.06. The van der Waals surface area contributed by atoms with Crippen LogP contribution in [-0.2, 0) is 4.79 Å². The van der Waals surface area contributed by atoms with Crippen LogP contribution in [0, 0.1) is 0 Å². The van der Waals surface area contributed by atoms with E-state index >= 15 is 0 Å². The first kappa shape index (κ1) is 16.4. The number of rotatable bonds is 5. The molecule has 0 bridgehead atoms. The average molecular weight is 331 g/mol. The third-order valence-corrected chi connectivity index (χ3v) is 3.52. The van der Waals surface area contributed by atoms with Gasteiger partial charge in [-0.3, -0.25) is 9.59 Å². The molecule has 0 saturated carbocycles. The van der Waals surface area contributed by atoms with E-state index in [1.54, 1.807) is 41.2 Å². The number of aromatic nitrogens is 2. The molecule has 1 N–H and O–H groups in total. The number of hydrogen-bond acceptors (Lipinski definition) is 3. The third kappa shape index (κ3) is 4.29. The highest BCUT2D eigenvalue weighted by Gasteiger charge is 2.04. The molecule has 1 heterocycles. The molecular weight excluding hydrogens is 314 g/mol. The van der Waals surface area contributed by atoms with Gasteiger partial charge in [0.2, 0.25) is 5.91 Å². The number of carbonyl (C=O) groups excluding carboxylic acids is 2. The van der Waals surface area contributed by atoms with E-state index in [0.29, 0.717) is 11.3 Å². The Kier molecular flexibility index (Phi) is 4.85. The Bertz CT molecular complexity index is 927. The van der Waals surface area contributed by atoms with Crippen LogP contribution >= 0.6 is 0 Å². The van der Waals surface area contributed by atoms with E-state index in [-0.39, 0.29) is 11.7 Å². The second-order valence-electron chi connectivity index (χ2n) is 5.51. The van der Waals surface area contributed by atoms with E-state index in [9.17, 15) is 9.59 Å². The molecule has 0 aliphatic carbocycles. The van der Waals surface area contributed by atoms with Crippen LogP contribution in [0.5, 0.6) is 0 Å². The number of nitrogens with one attached hydrogen (secondary N) is 1. The zero-order chi connectivity index (χ0) is 17.6. The van der Waals surface area contributed by atoms with Gasteiger partial charge in [-0.25, -0.2) is 4.68 Å². The number of benzene rings is 2. The number of amides is 1. The van der Waals surface area contributed by atoms with Crippen LogP contribution in [-0.4, -0.2) is 21.5 Å². The summed E-state index contributed by atoms with van der Waals surface area (Å²) in [6.07, 6.45) is 6.77. The van der Waals surface area contributed by atoms with Crippen molar-refractivity contribution in [2.24, 2.45) is 0 Å². The van der Waals surface area contributed by atoms with Crippen molar-refractivity contribution in [2.45, 2.75) is 6.92 Å². The molecule has 0 atom stereocenters. The first-order valence-electron chi connectivity index (χ1n) is 7.82. The summed E-state index contributed by atoms with van der Waals surface area (Å²) >= 11 is 0. The molecule has 5 heteroatoms. The van der Waals surface area contributed by atoms with E-state index in [1.807, 2.05) is 36.5 Å². The van der Waals surface area contributed by atoms with Crippen LogP contribution < -0.4 is 5.32 Å². The van der Waals surface area contributed by atoms with Gasteiger partial charge in [0.15, 0.2) is 5.78 Å². The maximum atomic E-state index is 12.3. The summed E-state index contributed by atoms with van der Waals surface area (Å²) < 4.78 is 1.75. The standard InChI is InChI=1S/C20H17N3O2/c1-15(24)22-18-7-5-6-17(12-18)20(25)11-10-16-13-21-23(14-16)19-8-3-2-4-9-19/h2-14H,1H3,(H,22,24)/b11-10+. The van der Waals surface area contributed by atoms with E-state index in [4.69, 9.17) is 0 Å². The van der Waals surface area contributed by atoms with Gasteiger partial charge in [0.25, 0.3) is 0 Å². The molecule has 0 fully saturated rings. The Balaban J connectivity index is 1.73. The topological polar surface area (TPSA) is 64.0 Å². The number of carbonyl (C=O) groups is 2. The van der Waals surface area contributed by atoms with Crippen molar-refractivity contribution < 1.29 is 9.59 Å². The van der Waals surface area contributed by atoms with Crippen LogP contribution in [0.15, 0.2) is 73.1 Å². The zero-order valence-electron chi connectivity index (χ0n) is 13.7. The lowest BCUT2D eigenvalue weighted by Gasteiger charge is -2.03. The van der Waals surface area contributed by atoms with Gasteiger partial charge in [0.1, 0.15) is 0 Å². The molecule has 0 spiro atoms. The first-order chi connectivity index (χ1) is 12.1. The average Bonchev–Trinajstić information content (AvgIpc) is 3.09. The Labute approximate surface area is 145 Å². The van der Waals surface area contributed by atoms with Crippen molar-refractivity contribution in [3.05, 3.63) is 84.2 Å². The van der Waals surface area contributed by atoms with E-state index in [0.717, 1.165) is 11.3 Å². The molecule has 1 aromatic heterocycles. The first-order valence-corrected chi connectivity index (χ1v) is 7.82. The summed E-state index contributed by atoms with van der Waals surface area (Å²) in [7, 11) is 0. The number of ketones is 1. The van der Waals surface area contributed by atoms with Crippen LogP contribution in [0.25, 0.3) is 11.8 Å². The molecule has 25 heavy (non-hydrogen) atoms. The van der Waals surface area contributed by atoms with Gasteiger partial charge in [-0.05, 0) is 36.4 Å². The summed E-state index contributed by atoms with van der Waals surface area (Å²) in [6.45, 7) is 1.43. The van der Waals surface area contributed by atoms with Gasteiger partial charge in [0, 0.05) is 29.9 Å². The van der Waals surface area contributed by atoms with Crippen molar-refractivity contribution in [3.8, 4) is 5.69 Å². The lowest BCUT2D eigenvalue weighted by atomic mass is 10.1. The van der Waals surface area contributed by atoms with Gasteiger partial charge >= 0.3 is 0 Å². The molecule has 124 valence electrons. The number of allylic oxidation sites excluding steroid dienone is 1. The predicted molar refractivity (Wildman–Crippen MR) is 97.7 cm³/mol. The second-order valence-corrected chi connectivity index (χ2v) is 5.51. The van der Waals surface area contributed by atoms with Crippen LogP contribution in [0.4, 0.5) is 5.69 Å². The normalized spacial score (nSPS) is 10.8. The summed E-state index contributed by atoms with van der Waals surface area (Å²) in [4.78, 5) is 23.4. The summed E-state index contributed by atoms with van der Waals surface area (Å²) in [5, 5.41) is 6.96. The van der Waals surface area contributed by atoms with Crippen LogP contribution in [0.3, 0.4) is 0 Å². The molecular formula is C20H17N3O2. The highest BCUT2D eigenvalue weighted by Crippen LogP contribution is 2.13. The van der Waals surface area contributed by atoms with Crippen molar-refractivity contribution in [1.29, 1.82) is 0 Å². The van der Waals surface area contributed by atoms with E-state index in [1.165, 1.54) is 13.0 Å². The number of anilines is 1. The highest BCUT2D eigenvalue weighted by molar-refractivity contribution is 6.07. The van der Waals surface area contributed by atoms with Crippen molar-refractivity contribution >= 4 is 23.5 Å². The lowest BCUT2D eigenvalue weighted by molar-refractivity contribution is -0.114. The van der Waals surface area contributed by atoms with Crippen LogP contribution in [0.2, 0.25) is 0 Å². The zero-order valence-corrected chi connectivity index (χ0v) is 13.7. The quantitative estimate of drug-likeness (QED) is 0.572. The summed E-state index contributed by atoms with van der Waals surface area (Å²) in [5.74, 6) is -0.312. The molecule has 3 aromatic rings. The minimum atomic E-state index is -0.173. The minimum absolute atomic E-state index is 0.139. The fourth-order valence-corrected chi connectivity index (χ4v) is 2.37. The molecule has 3 rings (SSSR count). The molecule has 2 aromatic carbocycles. The molecule has 0 radical (unpaired) electrons. The summed E-state index contributed by atoms with van der Waals surface area (Å²) in [5.41, 5.74) is 2.90. The van der Waals surface area contributed by atoms with E-state index in [2.05, 4.69) is 10.4 Å². The van der Waals surface area contributed by atoms with Gasteiger partial charge in [0.05, 0.1) is 11.9 Å². The predicted octanol–water partition coefficient (Wildman–Crippen LogP) is 3.73. The third-order valence-electron chi connectivity index (χ3n) is 3.52. The molecule has 0 aliphatic rings. The van der Waals surface area contributed by atoms with E-state index < -0.39 is 0 Å². The van der Waals surface area contributed by atoms with Gasteiger partial charge in [-0.1, -0.05) is 30.3 Å². The SMILES string of the molecule is CC(=O)Nc1cccc(C(=O)/C=C/c2cnn(-c3ccccc3)c2)c1. The molecule has 5 nitrogen and oxygen atoms in total. The molecule has 0 unspecified atom stereocenters. The monoisotopic (exact) mass is 331 g/mol. The second kappa shape index (κ2) is 7.40. The highest BCUT2D eigenvalue weighted by atomic mass is 16.1. The summed E-state index contributed by atoms with van der Waals surface area (Å²) in [6, 6.07) is 16.6. The number of nitrogens with zero attached hydrogens (tertiary/aromatic N) is 2. The maximum Gasteiger partial charge on any atom is 0.221 e. The maximum absolute atomic E-state index is 12.3. The Morgan fingerprint density at radius 1 is 1.08 bits per heavy atom. The van der Waals surface area contributed by atoms with Gasteiger partial charge in [-0.2, -0.15) is 5.10 Å². The molecule has 1 amide bonds. The molecule has 0 aliphatic heterocycles. The Morgan fingerprint density at radius 3 is 2.64 bits per heavy atom. The fourth-order valence-electron chi connectivity index (χ4n) is 2.37. The Morgan fingerprint density at radius 2 is 1.88 bits per heavy atom. The van der Waals surface area contributed by atoms with Gasteiger partial charge < -0.3 is 5.32 Å². The number of para-hydroxylation sites is 1. The van der Waals surface area contributed by atoms with Crippen LogP contribution in [0.1, 0.15) is 22.8 Å². The van der Waals surface area contributed by atoms with Gasteiger partial charge in [-0.15, -0.1) is 0 Å². The van der Waals surface area contributed by atoms with Crippen molar-refractivity contribution in [2.75, 3.05) is 5.32 Å². The van der Waals surface area contributed by atoms with Crippen molar-refractivity contribution in [3.63, 3.8) is 0 Å². The fraction of sp³-hybridized carbons (Fsp3) is 0.0500. The largest absolute Gasteiger partial charge is 0.326 e. The van der Waals surface area contributed by atoms with Crippen molar-refractivity contribution in [1.82, 2.24) is 9.78 Å².